The molecule has 114 valence electrons. The number of rotatable bonds is 1. The van der Waals surface area contributed by atoms with Gasteiger partial charge in [0.25, 0.3) is 5.56 Å². The molecule has 0 atom stereocenters. The minimum absolute atomic E-state index is 0.109. The molecule has 22 heavy (non-hydrogen) atoms. The van der Waals surface area contributed by atoms with Crippen LogP contribution in [0.1, 0.15) is 19.3 Å². The first-order chi connectivity index (χ1) is 10.7. The van der Waals surface area contributed by atoms with Crippen LogP contribution in [0.5, 0.6) is 0 Å². The van der Waals surface area contributed by atoms with Gasteiger partial charge in [-0.1, -0.05) is 11.6 Å². The highest BCUT2D eigenvalue weighted by atomic mass is 35.5. The first-order valence-corrected chi connectivity index (χ1v) is 7.83. The Kier molecular flexibility index (Phi) is 3.07. The number of aromatic nitrogens is 4. The van der Waals surface area contributed by atoms with Gasteiger partial charge in [0.1, 0.15) is 0 Å². The van der Waals surface area contributed by atoms with E-state index in [-0.39, 0.29) is 5.56 Å². The van der Waals surface area contributed by atoms with Crippen molar-refractivity contribution in [2.24, 2.45) is 7.05 Å². The third kappa shape index (κ3) is 1.90. The molecule has 1 saturated heterocycles. The molecule has 1 aliphatic heterocycles. The average molecular weight is 318 g/mol. The van der Waals surface area contributed by atoms with E-state index in [4.69, 9.17) is 11.6 Å². The zero-order chi connectivity index (χ0) is 15.3. The second-order valence-electron chi connectivity index (χ2n) is 5.71. The number of aryl methyl sites for hydroxylation is 1. The standard InChI is InChI=1S/C15H16ClN5O/c1-19-13(22)11-9-10(16)5-6-12(11)21-14(19)17-18-15(21)20-7-3-2-4-8-20/h5-6,9H,2-4,7-8H2,1H3. The Morgan fingerprint density at radius 3 is 2.68 bits per heavy atom. The van der Waals surface area contributed by atoms with Crippen molar-refractivity contribution in [2.45, 2.75) is 19.3 Å². The van der Waals surface area contributed by atoms with Crippen LogP contribution < -0.4 is 10.5 Å². The predicted octanol–water partition coefficient (Wildman–Crippen LogP) is 2.22. The molecule has 0 spiro atoms. The van der Waals surface area contributed by atoms with Crippen molar-refractivity contribution in [3.63, 3.8) is 0 Å². The van der Waals surface area contributed by atoms with Crippen LogP contribution in [0.3, 0.4) is 0 Å². The summed E-state index contributed by atoms with van der Waals surface area (Å²) in [5.41, 5.74) is 0.690. The van der Waals surface area contributed by atoms with Crippen molar-refractivity contribution < 1.29 is 0 Å². The molecule has 1 aromatic carbocycles. The van der Waals surface area contributed by atoms with Crippen molar-refractivity contribution in [1.82, 2.24) is 19.2 Å². The van der Waals surface area contributed by atoms with Crippen molar-refractivity contribution >= 4 is 34.2 Å². The Morgan fingerprint density at radius 1 is 1.14 bits per heavy atom. The van der Waals surface area contributed by atoms with E-state index < -0.39 is 0 Å². The summed E-state index contributed by atoms with van der Waals surface area (Å²) < 4.78 is 3.48. The molecule has 2 aromatic heterocycles. The highest BCUT2D eigenvalue weighted by Gasteiger charge is 2.20. The first kappa shape index (κ1) is 13.6. The van der Waals surface area contributed by atoms with Crippen molar-refractivity contribution in [1.29, 1.82) is 0 Å². The fraction of sp³-hybridized carbons (Fsp3) is 0.400. The van der Waals surface area contributed by atoms with Gasteiger partial charge in [-0.15, -0.1) is 10.2 Å². The molecule has 1 fully saturated rings. The molecular formula is C15H16ClN5O. The molecule has 7 heteroatoms. The van der Waals surface area contributed by atoms with Crippen LogP contribution >= 0.6 is 11.6 Å². The SMILES string of the molecule is Cn1c(=O)c2cc(Cl)ccc2n2c(N3CCCCC3)nnc12. The summed E-state index contributed by atoms with van der Waals surface area (Å²) in [5, 5.41) is 9.70. The van der Waals surface area contributed by atoms with Crippen molar-refractivity contribution in [3.8, 4) is 0 Å². The summed E-state index contributed by atoms with van der Waals surface area (Å²) in [6.07, 6.45) is 3.57. The lowest BCUT2D eigenvalue weighted by Gasteiger charge is -2.26. The number of benzene rings is 1. The smallest absolute Gasteiger partial charge is 0.262 e. The normalized spacial score (nSPS) is 15.8. The van der Waals surface area contributed by atoms with E-state index in [1.165, 1.54) is 11.0 Å². The zero-order valence-electron chi connectivity index (χ0n) is 12.3. The Bertz CT molecular complexity index is 923. The maximum atomic E-state index is 12.5. The third-order valence-corrected chi connectivity index (χ3v) is 4.54. The van der Waals surface area contributed by atoms with Crippen molar-refractivity contribution in [3.05, 3.63) is 33.6 Å². The van der Waals surface area contributed by atoms with E-state index >= 15 is 0 Å². The second-order valence-corrected chi connectivity index (χ2v) is 6.15. The van der Waals surface area contributed by atoms with Gasteiger partial charge in [0.05, 0.1) is 10.9 Å². The first-order valence-electron chi connectivity index (χ1n) is 7.45. The molecule has 6 nitrogen and oxygen atoms in total. The van der Waals surface area contributed by atoms with Gasteiger partial charge < -0.3 is 4.90 Å². The average Bonchev–Trinajstić information content (AvgIpc) is 2.98. The number of anilines is 1. The lowest BCUT2D eigenvalue weighted by Crippen LogP contribution is -2.31. The fourth-order valence-electron chi connectivity index (χ4n) is 3.15. The summed E-state index contributed by atoms with van der Waals surface area (Å²) >= 11 is 6.06. The molecule has 3 aromatic rings. The number of piperidine rings is 1. The summed E-state index contributed by atoms with van der Waals surface area (Å²) in [7, 11) is 1.71. The van der Waals surface area contributed by atoms with Crippen LogP contribution in [0, 0.1) is 0 Å². The van der Waals surface area contributed by atoms with Gasteiger partial charge in [-0.25, -0.2) is 4.40 Å². The summed E-state index contributed by atoms with van der Waals surface area (Å²) in [4.78, 5) is 14.7. The van der Waals surface area contributed by atoms with Gasteiger partial charge >= 0.3 is 0 Å². The van der Waals surface area contributed by atoms with E-state index in [0.29, 0.717) is 16.2 Å². The Balaban J connectivity index is 2.08. The maximum Gasteiger partial charge on any atom is 0.262 e. The highest BCUT2D eigenvalue weighted by Crippen LogP contribution is 2.24. The van der Waals surface area contributed by atoms with Crippen LogP contribution in [-0.2, 0) is 7.05 Å². The van der Waals surface area contributed by atoms with Gasteiger partial charge in [0, 0.05) is 25.2 Å². The topological polar surface area (TPSA) is 55.4 Å². The van der Waals surface area contributed by atoms with Crippen LogP contribution in [0.15, 0.2) is 23.0 Å². The summed E-state index contributed by atoms with van der Waals surface area (Å²) in [6.45, 7) is 1.94. The number of fused-ring (bicyclic) bond motifs is 3. The van der Waals surface area contributed by atoms with E-state index in [1.54, 1.807) is 19.2 Å². The summed E-state index contributed by atoms with van der Waals surface area (Å²) in [5.74, 6) is 1.36. The number of nitrogens with zero attached hydrogens (tertiary/aromatic N) is 5. The van der Waals surface area contributed by atoms with E-state index in [2.05, 4.69) is 15.1 Å². The fourth-order valence-corrected chi connectivity index (χ4v) is 3.32. The predicted molar refractivity (Wildman–Crippen MR) is 86.8 cm³/mol. The maximum absolute atomic E-state index is 12.5. The number of halogens is 1. The van der Waals surface area contributed by atoms with Gasteiger partial charge in [-0.2, -0.15) is 0 Å². The quantitative estimate of drug-likeness (QED) is 0.690. The largest absolute Gasteiger partial charge is 0.341 e. The lowest BCUT2D eigenvalue weighted by atomic mass is 10.1. The molecule has 1 aliphatic rings. The lowest BCUT2D eigenvalue weighted by molar-refractivity contribution is 0.567. The minimum Gasteiger partial charge on any atom is -0.341 e. The molecule has 3 heterocycles. The molecular weight excluding hydrogens is 302 g/mol. The van der Waals surface area contributed by atoms with Crippen LogP contribution in [0.25, 0.3) is 16.7 Å². The molecule has 0 saturated carbocycles. The zero-order valence-corrected chi connectivity index (χ0v) is 13.0. The second kappa shape index (κ2) is 4.98. The molecule has 0 radical (unpaired) electrons. The van der Waals surface area contributed by atoms with Gasteiger partial charge in [-0.05, 0) is 37.5 Å². The van der Waals surface area contributed by atoms with Crippen LogP contribution in [0.2, 0.25) is 5.02 Å². The molecule has 0 amide bonds. The third-order valence-electron chi connectivity index (χ3n) is 4.30. The highest BCUT2D eigenvalue weighted by molar-refractivity contribution is 6.31. The van der Waals surface area contributed by atoms with E-state index in [1.807, 2.05) is 10.5 Å². The van der Waals surface area contributed by atoms with Gasteiger partial charge in [0.15, 0.2) is 0 Å². The Morgan fingerprint density at radius 2 is 1.91 bits per heavy atom. The van der Waals surface area contributed by atoms with Crippen LogP contribution in [0.4, 0.5) is 5.95 Å². The van der Waals surface area contributed by atoms with Crippen molar-refractivity contribution in [2.75, 3.05) is 18.0 Å². The van der Waals surface area contributed by atoms with Crippen LogP contribution in [-0.4, -0.2) is 32.3 Å². The summed E-state index contributed by atoms with van der Waals surface area (Å²) in [6, 6.07) is 5.37. The van der Waals surface area contributed by atoms with Gasteiger partial charge in [0.2, 0.25) is 11.7 Å². The molecule has 0 aliphatic carbocycles. The molecule has 0 bridgehead atoms. The number of hydrogen-bond acceptors (Lipinski definition) is 4. The van der Waals surface area contributed by atoms with Gasteiger partial charge in [-0.3, -0.25) is 9.36 Å². The Labute approximate surface area is 131 Å². The Hall–Kier alpha value is -2.08. The van der Waals surface area contributed by atoms with E-state index in [0.717, 1.165) is 37.4 Å². The molecule has 4 rings (SSSR count). The monoisotopic (exact) mass is 317 g/mol. The molecule has 0 N–H and O–H groups in total. The number of hydrogen-bond donors (Lipinski definition) is 0. The minimum atomic E-state index is -0.109. The molecule has 0 unspecified atom stereocenters. The van der Waals surface area contributed by atoms with E-state index in [9.17, 15) is 4.79 Å².